The molecule has 140 valence electrons. The van der Waals surface area contributed by atoms with Gasteiger partial charge < -0.3 is 4.74 Å². The number of esters is 1. The molecular formula is C21H30F2O2. The summed E-state index contributed by atoms with van der Waals surface area (Å²) in [5.74, 6) is 0.506. The Balaban J connectivity index is 0.00000243. The van der Waals surface area contributed by atoms with Crippen molar-refractivity contribution in [2.24, 2.45) is 23.7 Å². The van der Waals surface area contributed by atoms with Crippen molar-refractivity contribution in [1.29, 1.82) is 0 Å². The first kappa shape index (κ1) is 18.3. The normalized spacial score (nSPS) is 30.1. The fourth-order valence-corrected chi connectivity index (χ4v) is 4.46. The van der Waals surface area contributed by atoms with E-state index in [0.29, 0.717) is 0 Å². The molecule has 4 heteroatoms. The molecule has 2 saturated carbocycles. The third-order valence-electron chi connectivity index (χ3n) is 6.31. The minimum absolute atomic E-state index is 0. The lowest BCUT2D eigenvalue weighted by Gasteiger charge is -2.36. The Bertz CT molecular complexity index is 595. The van der Waals surface area contributed by atoms with Gasteiger partial charge in [-0.3, -0.25) is 4.79 Å². The Labute approximate surface area is 150 Å². The predicted octanol–water partition coefficient (Wildman–Crippen LogP) is 6.06. The van der Waals surface area contributed by atoms with Gasteiger partial charge in [-0.25, -0.2) is 8.78 Å². The fourth-order valence-electron chi connectivity index (χ4n) is 4.46. The van der Waals surface area contributed by atoms with E-state index in [9.17, 15) is 13.6 Å². The average molecular weight is 352 g/mol. The first-order valence-corrected chi connectivity index (χ1v) is 9.61. The maximum atomic E-state index is 13.6. The molecule has 1 aromatic carbocycles. The first-order valence-electron chi connectivity index (χ1n) is 9.61. The van der Waals surface area contributed by atoms with Gasteiger partial charge >= 0.3 is 5.97 Å². The summed E-state index contributed by atoms with van der Waals surface area (Å²) >= 11 is 0. The van der Waals surface area contributed by atoms with E-state index in [1.54, 1.807) is 0 Å². The van der Waals surface area contributed by atoms with Crippen LogP contribution in [0, 0.1) is 42.2 Å². The van der Waals surface area contributed by atoms with Crippen LogP contribution in [0.15, 0.2) is 12.1 Å². The molecule has 0 N–H and O–H groups in total. The van der Waals surface area contributed by atoms with E-state index in [-0.39, 0.29) is 24.6 Å². The maximum Gasteiger partial charge on any atom is 0.314 e. The Morgan fingerprint density at radius 3 is 1.96 bits per heavy atom. The molecule has 0 spiro atoms. The van der Waals surface area contributed by atoms with Crippen molar-refractivity contribution in [3.8, 4) is 5.75 Å². The van der Waals surface area contributed by atoms with Crippen molar-refractivity contribution in [1.82, 2.24) is 0 Å². The number of hydrogen-bond donors (Lipinski definition) is 0. The maximum absolute atomic E-state index is 13.6. The molecule has 1 aromatic rings. The zero-order valence-electron chi connectivity index (χ0n) is 15.2. The van der Waals surface area contributed by atoms with Crippen LogP contribution in [-0.4, -0.2) is 5.97 Å². The molecule has 0 aliphatic heterocycles. The molecule has 3 rings (SSSR count). The summed E-state index contributed by atoms with van der Waals surface area (Å²) < 4.78 is 32.4. The van der Waals surface area contributed by atoms with Gasteiger partial charge in [0.05, 0.1) is 5.92 Å². The number of ether oxygens (including phenoxy) is 1. The predicted molar refractivity (Wildman–Crippen MR) is 95.4 cm³/mol. The number of halogens is 2. The molecule has 0 aromatic heterocycles. The first-order chi connectivity index (χ1) is 11.9. The summed E-state index contributed by atoms with van der Waals surface area (Å²) in [7, 11) is 0. The monoisotopic (exact) mass is 352 g/mol. The van der Waals surface area contributed by atoms with Crippen molar-refractivity contribution < 1.29 is 19.7 Å². The SMILES string of the molecule is Cc1c(F)cc(OC(=O)C2CCC(C3CCC(C)CC3)CC2)cc1F.[HH]. The highest BCUT2D eigenvalue weighted by atomic mass is 19.1. The highest BCUT2D eigenvalue weighted by molar-refractivity contribution is 5.75. The lowest BCUT2D eigenvalue weighted by atomic mass is 9.69. The van der Waals surface area contributed by atoms with E-state index in [2.05, 4.69) is 6.92 Å². The van der Waals surface area contributed by atoms with Gasteiger partial charge in [-0.05, 0) is 63.2 Å². The number of rotatable bonds is 3. The zero-order chi connectivity index (χ0) is 18.0. The van der Waals surface area contributed by atoms with E-state index < -0.39 is 11.6 Å². The number of benzene rings is 1. The molecule has 0 atom stereocenters. The van der Waals surface area contributed by atoms with Gasteiger partial charge in [0.1, 0.15) is 17.4 Å². The molecule has 2 aliphatic rings. The van der Waals surface area contributed by atoms with Crippen LogP contribution in [0.1, 0.15) is 65.3 Å². The molecule has 0 amide bonds. The van der Waals surface area contributed by atoms with Gasteiger partial charge in [-0.1, -0.05) is 19.8 Å². The molecule has 2 fully saturated rings. The molecule has 0 heterocycles. The van der Waals surface area contributed by atoms with Crippen LogP contribution < -0.4 is 4.74 Å². The Morgan fingerprint density at radius 1 is 0.960 bits per heavy atom. The van der Waals surface area contributed by atoms with Gasteiger partial charge in [0.15, 0.2) is 0 Å². The van der Waals surface area contributed by atoms with Crippen LogP contribution in [0.4, 0.5) is 8.78 Å². The average Bonchev–Trinajstić information content (AvgIpc) is 2.60. The van der Waals surface area contributed by atoms with Crippen LogP contribution in [0.5, 0.6) is 5.75 Å². The Hall–Kier alpha value is -1.45. The molecule has 0 unspecified atom stereocenters. The molecule has 0 radical (unpaired) electrons. The topological polar surface area (TPSA) is 26.3 Å². The van der Waals surface area contributed by atoms with Crippen molar-refractivity contribution in [2.45, 2.75) is 65.2 Å². The summed E-state index contributed by atoms with van der Waals surface area (Å²) in [4.78, 5) is 12.3. The second-order valence-electron chi connectivity index (χ2n) is 8.06. The third-order valence-corrected chi connectivity index (χ3v) is 6.31. The van der Waals surface area contributed by atoms with E-state index in [1.165, 1.54) is 32.6 Å². The number of hydrogen-bond acceptors (Lipinski definition) is 2. The minimum Gasteiger partial charge on any atom is -0.426 e. The Kier molecular flexibility index (Phi) is 5.75. The standard InChI is InChI=1S/C21H28F2O2.H2/c1-13-3-5-15(6-4-13)16-7-9-17(10-8-16)21(24)25-18-11-19(22)14(2)20(23)12-18;/h11-13,15-17H,3-10H2,1-2H3;1H. The summed E-state index contributed by atoms with van der Waals surface area (Å²) in [5.41, 5.74) is -0.0536. The largest absolute Gasteiger partial charge is 0.426 e. The second kappa shape index (κ2) is 7.84. The van der Waals surface area contributed by atoms with Crippen molar-refractivity contribution in [3.05, 3.63) is 29.3 Å². The van der Waals surface area contributed by atoms with Crippen LogP contribution in [-0.2, 0) is 4.79 Å². The number of carbonyl (C=O) groups is 1. The quantitative estimate of drug-likeness (QED) is 0.488. The summed E-state index contributed by atoms with van der Waals surface area (Å²) in [5, 5.41) is 0. The van der Waals surface area contributed by atoms with Gasteiger partial charge in [-0.2, -0.15) is 0 Å². The highest BCUT2D eigenvalue weighted by Crippen LogP contribution is 2.41. The number of carbonyl (C=O) groups excluding carboxylic acids is 1. The fraction of sp³-hybridized carbons (Fsp3) is 0.667. The summed E-state index contributed by atoms with van der Waals surface area (Å²) in [6, 6.07) is 2.18. The van der Waals surface area contributed by atoms with Crippen molar-refractivity contribution >= 4 is 5.97 Å². The van der Waals surface area contributed by atoms with Crippen molar-refractivity contribution in [2.75, 3.05) is 0 Å². The van der Waals surface area contributed by atoms with E-state index in [1.807, 2.05) is 0 Å². The molecule has 2 aliphatic carbocycles. The molecule has 0 bridgehead atoms. The molecule has 0 saturated heterocycles. The van der Waals surface area contributed by atoms with E-state index in [0.717, 1.165) is 55.6 Å². The van der Waals surface area contributed by atoms with Crippen LogP contribution >= 0.6 is 0 Å². The van der Waals surface area contributed by atoms with E-state index >= 15 is 0 Å². The lowest BCUT2D eigenvalue weighted by Crippen LogP contribution is -2.29. The van der Waals surface area contributed by atoms with Crippen LogP contribution in [0.3, 0.4) is 0 Å². The summed E-state index contributed by atoms with van der Waals surface area (Å²) in [6.07, 6.45) is 9.09. The minimum atomic E-state index is -0.682. The Morgan fingerprint density at radius 2 is 1.44 bits per heavy atom. The molecule has 25 heavy (non-hydrogen) atoms. The zero-order valence-corrected chi connectivity index (χ0v) is 15.2. The lowest BCUT2D eigenvalue weighted by molar-refractivity contribution is -0.140. The second-order valence-corrected chi connectivity index (χ2v) is 8.06. The summed E-state index contributed by atoms with van der Waals surface area (Å²) in [6.45, 7) is 3.70. The smallest absolute Gasteiger partial charge is 0.314 e. The van der Waals surface area contributed by atoms with E-state index in [4.69, 9.17) is 4.74 Å². The van der Waals surface area contributed by atoms with Crippen LogP contribution in [0.25, 0.3) is 0 Å². The van der Waals surface area contributed by atoms with Crippen molar-refractivity contribution in [3.63, 3.8) is 0 Å². The van der Waals surface area contributed by atoms with Gasteiger partial charge in [0, 0.05) is 19.1 Å². The molecule has 2 nitrogen and oxygen atoms in total. The highest BCUT2D eigenvalue weighted by Gasteiger charge is 2.33. The molecular weight excluding hydrogens is 322 g/mol. The third kappa shape index (κ3) is 4.39. The van der Waals surface area contributed by atoms with Crippen LogP contribution in [0.2, 0.25) is 0 Å². The van der Waals surface area contributed by atoms with Gasteiger partial charge in [0.2, 0.25) is 0 Å². The van der Waals surface area contributed by atoms with Gasteiger partial charge in [0.25, 0.3) is 0 Å². The van der Waals surface area contributed by atoms with Gasteiger partial charge in [-0.15, -0.1) is 0 Å².